The van der Waals surface area contributed by atoms with Crippen LogP contribution in [0.25, 0.3) is 10.8 Å². The Kier molecular flexibility index (Phi) is 3.90. The maximum absolute atomic E-state index is 12.3. The van der Waals surface area contributed by atoms with E-state index in [1.807, 2.05) is 42.5 Å². The Morgan fingerprint density at radius 1 is 0.955 bits per heavy atom. The number of rotatable bonds is 3. The maximum atomic E-state index is 12.3. The second kappa shape index (κ2) is 6.00. The van der Waals surface area contributed by atoms with Crippen molar-refractivity contribution in [1.82, 2.24) is 0 Å². The van der Waals surface area contributed by atoms with Gasteiger partial charge in [-0.25, -0.2) is 0 Å². The van der Waals surface area contributed by atoms with E-state index in [2.05, 4.69) is 5.32 Å². The van der Waals surface area contributed by atoms with Crippen LogP contribution in [-0.4, -0.2) is 11.0 Å². The van der Waals surface area contributed by atoms with Crippen LogP contribution in [0.1, 0.15) is 28.9 Å². The van der Waals surface area contributed by atoms with E-state index in [4.69, 9.17) is 0 Å². The zero-order chi connectivity index (χ0) is 15.5. The van der Waals surface area contributed by atoms with Crippen molar-refractivity contribution in [2.75, 3.05) is 5.32 Å². The fraction of sp³-hybridized carbons (Fsp3) is 0.105. The number of carbonyl (C=O) groups excluding carboxylic acids is 1. The molecule has 0 aliphatic carbocycles. The average molecular weight is 291 g/mol. The van der Waals surface area contributed by atoms with E-state index in [-0.39, 0.29) is 5.91 Å². The van der Waals surface area contributed by atoms with Crippen molar-refractivity contribution < 1.29 is 9.90 Å². The first-order valence-electron chi connectivity index (χ1n) is 7.22. The van der Waals surface area contributed by atoms with Gasteiger partial charge in [0.05, 0.1) is 6.10 Å². The summed E-state index contributed by atoms with van der Waals surface area (Å²) in [5.41, 5.74) is 2.16. The third-order valence-corrected chi connectivity index (χ3v) is 3.66. The van der Waals surface area contributed by atoms with Gasteiger partial charge in [0.2, 0.25) is 0 Å². The van der Waals surface area contributed by atoms with Gasteiger partial charge in [-0.05, 0) is 47.5 Å². The molecule has 3 heteroatoms. The van der Waals surface area contributed by atoms with Gasteiger partial charge in [-0.15, -0.1) is 0 Å². The van der Waals surface area contributed by atoms with Gasteiger partial charge in [-0.1, -0.05) is 42.5 Å². The maximum Gasteiger partial charge on any atom is 0.255 e. The summed E-state index contributed by atoms with van der Waals surface area (Å²) >= 11 is 0. The minimum Gasteiger partial charge on any atom is -0.389 e. The highest BCUT2D eigenvalue weighted by Gasteiger charge is 2.07. The van der Waals surface area contributed by atoms with Crippen molar-refractivity contribution in [3.05, 3.63) is 77.9 Å². The minimum absolute atomic E-state index is 0.143. The van der Waals surface area contributed by atoms with Gasteiger partial charge in [0.25, 0.3) is 5.91 Å². The summed E-state index contributed by atoms with van der Waals surface area (Å²) in [5.74, 6) is -0.143. The van der Waals surface area contributed by atoms with Crippen molar-refractivity contribution in [1.29, 1.82) is 0 Å². The lowest BCUT2D eigenvalue weighted by molar-refractivity contribution is 0.102. The summed E-state index contributed by atoms with van der Waals surface area (Å²) in [6, 6.07) is 20.8. The van der Waals surface area contributed by atoms with Gasteiger partial charge in [0.15, 0.2) is 0 Å². The highest BCUT2D eigenvalue weighted by atomic mass is 16.3. The Morgan fingerprint density at radius 2 is 1.64 bits per heavy atom. The third-order valence-electron chi connectivity index (χ3n) is 3.66. The number of aliphatic hydroxyl groups is 1. The number of amides is 1. The number of benzene rings is 3. The molecule has 3 aromatic carbocycles. The molecule has 3 rings (SSSR count). The fourth-order valence-electron chi connectivity index (χ4n) is 2.38. The number of aliphatic hydroxyl groups excluding tert-OH is 1. The quantitative estimate of drug-likeness (QED) is 0.761. The largest absolute Gasteiger partial charge is 0.389 e. The average Bonchev–Trinajstić information content (AvgIpc) is 2.55. The smallest absolute Gasteiger partial charge is 0.255 e. The molecule has 0 fully saturated rings. The molecule has 0 heterocycles. The fourth-order valence-corrected chi connectivity index (χ4v) is 2.38. The van der Waals surface area contributed by atoms with E-state index in [9.17, 15) is 9.90 Å². The van der Waals surface area contributed by atoms with Crippen LogP contribution in [0.15, 0.2) is 66.7 Å². The molecule has 110 valence electrons. The Bertz CT molecular complexity index is 807. The van der Waals surface area contributed by atoms with Crippen LogP contribution < -0.4 is 5.32 Å². The summed E-state index contributed by atoms with van der Waals surface area (Å²) in [7, 11) is 0. The van der Waals surface area contributed by atoms with Gasteiger partial charge in [-0.3, -0.25) is 4.79 Å². The van der Waals surface area contributed by atoms with Crippen molar-refractivity contribution in [2.45, 2.75) is 13.0 Å². The second-order valence-corrected chi connectivity index (χ2v) is 5.31. The van der Waals surface area contributed by atoms with Crippen LogP contribution in [0.5, 0.6) is 0 Å². The lowest BCUT2D eigenvalue weighted by atomic mass is 10.1. The van der Waals surface area contributed by atoms with Crippen LogP contribution in [-0.2, 0) is 0 Å². The van der Waals surface area contributed by atoms with Crippen LogP contribution in [0, 0.1) is 0 Å². The van der Waals surface area contributed by atoms with Gasteiger partial charge in [0, 0.05) is 11.3 Å². The summed E-state index contributed by atoms with van der Waals surface area (Å²) in [6.07, 6.45) is -0.509. The molecule has 0 spiro atoms. The molecule has 1 amide bonds. The molecular formula is C19H17NO2. The summed E-state index contributed by atoms with van der Waals surface area (Å²) in [4.78, 5) is 12.3. The predicted octanol–water partition coefficient (Wildman–Crippen LogP) is 4.15. The molecule has 0 aliphatic rings. The lowest BCUT2D eigenvalue weighted by Gasteiger charge is -2.08. The van der Waals surface area contributed by atoms with Gasteiger partial charge >= 0.3 is 0 Å². The molecule has 0 unspecified atom stereocenters. The molecule has 0 aliphatic heterocycles. The SMILES string of the molecule is C[C@@H](O)c1ccc(NC(=O)c2ccc3ccccc3c2)cc1. The van der Waals surface area contributed by atoms with E-state index >= 15 is 0 Å². The topological polar surface area (TPSA) is 49.3 Å². The Labute approximate surface area is 129 Å². The van der Waals surface area contributed by atoms with Gasteiger partial charge < -0.3 is 10.4 Å². The molecular weight excluding hydrogens is 274 g/mol. The first-order chi connectivity index (χ1) is 10.6. The van der Waals surface area contributed by atoms with E-state index in [1.165, 1.54) is 0 Å². The van der Waals surface area contributed by atoms with Crippen LogP contribution in [0.4, 0.5) is 5.69 Å². The van der Waals surface area contributed by atoms with E-state index in [0.717, 1.165) is 16.3 Å². The molecule has 0 aromatic heterocycles. The van der Waals surface area contributed by atoms with Crippen molar-refractivity contribution in [3.8, 4) is 0 Å². The number of anilines is 1. The van der Waals surface area contributed by atoms with E-state index in [0.29, 0.717) is 11.3 Å². The Hall–Kier alpha value is -2.65. The number of fused-ring (bicyclic) bond motifs is 1. The zero-order valence-electron chi connectivity index (χ0n) is 12.3. The van der Waals surface area contributed by atoms with Gasteiger partial charge in [-0.2, -0.15) is 0 Å². The molecule has 0 saturated carbocycles. The van der Waals surface area contributed by atoms with E-state index in [1.54, 1.807) is 31.2 Å². The van der Waals surface area contributed by atoms with Gasteiger partial charge in [0.1, 0.15) is 0 Å². The normalized spacial score (nSPS) is 12.1. The number of hydrogen-bond donors (Lipinski definition) is 2. The molecule has 1 atom stereocenters. The second-order valence-electron chi connectivity index (χ2n) is 5.31. The predicted molar refractivity (Wildman–Crippen MR) is 89.0 cm³/mol. The van der Waals surface area contributed by atoms with Crippen molar-refractivity contribution in [3.63, 3.8) is 0 Å². The number of carbonyl (C=O) groups is 1. The highest BCUT2D eigenvalue weighted by Crippen LogP contribution is 2.18. The Morgan fingerprint density at radius 3 is 2.32 bits per heavy atom. The highest BCUT2D eigenvalue weighted by molar-refractivity contribution is 6.06. The van der Waals surface area contributed by atoms with Crippen LogP contribution in [0.3, 0.4) is 0 Å². The summed E-state index contributed by atoms with van der Waals surface area (Å²) < 4.78 is 0. The van der Waals surface area contributed by atoms with Crippen LogP contribution in [0.2, 0.25) is 0 Å². The molecule has 0 bridgehead atoms. The number of nitrogens with one attached hydrogen (secondary N) is 1. The first-order valence-corrected chi connectivity index (χ1v) is 7.22. The van der Waals surface area contributed by atoms with E-state index < -0.39 is 6.10 Å². The molecule has 22 heavy (non-hydrogen) atoms. The zero-order valence-corrected chi connectivity index (χ0v) is 12.3. The van der Waals surface area contributed by atoms with Crippen molar-refractivity contribution >= 4 is 22.4 Å². The molecule has 0 saturated heterocycles. The molecule has 3 nitrogen and oxygen atoms in total. The lowest BCUT2D eigenvalue weighted by Crippen LogP contribution is -2.11. The molecule has 0 radical (unpaired) electrons. The first kappa shape index (κ1) is 14.3. The molecule has 2 N–H and O–H groups in total. The number of hydrogen-bond acceptors (Lipinski definition) is 2. The molecule has 3 aromatic rings. The van der Waals surface area contributed by atoms with Crippen molar-refractivity contribution in [2.24, 2.45) is 0 Å². The monoisotopic (exact) mass is 291 g/mol. The summed E-state index contributed by atoms with van der Waals surface area (Å²) in [6.45, 7) is 1.71. The minimum atomic E-state index is -0.509. The third kappa shape index (κ3) is 3.00. The standard InChI is InChI=1S/C19H17NO2/c1-13(21)14-8-10-18(11-9-14)20-19(22)17-7-6-15-4-2-3-5-16(15)12-17/h2-13,21H,1H3,(H,20,22)/t13-/m1/s1. The Balaban J connectivity index is 1.80. The van der Waals surface area contributed by atoms with Crippen LogP contribution >= 0.6 is 0 Å². The summed E-state index contributed by atoms with van der Waals surface area (Å²) in [5, 5.41) is 14.5.